The molecule has 9 heteroatoms. The summed E-state index contributed by atoms with van der Waals surface area (Å²) >= 11 is 0. The molecule has 1 aliphatic rings. The molecule has 4 heterocycles. The molecule has 0 atom stereocenters. The molecular formula is C27H29FN4O4. The third kappa shape index (κ3) is 4.59. The van der Waals surface area contributed by atoms with E-state index in [9.17, 15) is 14.0 Å². The molecule has 3 aromatic heterocycles. The molecule has 188 valence electrons. The fraction of sp³-hybridized carbons (Fsp3) is 0.333. The Kier molecular flexibility index (Phi) is 6.51. The van der Waals surface area contributed by atoms with Gasteiger partial charge in [-0.05, 0) is 43.2 Å². The topological polar surface area (TPSA) is 81.5 Å². The van der Waals surface area contributed by atoms with E-state index >= 15 is 0 Å². The molecule has 0 aliphatic carbocycles. The van der Waals surface area contributed by atoms with Gasteiger partial charge in [-0.1, -0.05) is 0 Å². The standard InChI is InChI=1S/C27H29FN4O4/c1-17-12-19(28)13-18(2)26(17)36-23-16-32(7-6-31-8-10-35-11-9-31)24(33)14-21(23)22-15-30(3)27(34)25-20(22)4-5-29-25/h4-5,12-16,29H,6-11H2,1-3H3. The maximum atomic E-state index is 14.0. The van der Waals surface area contributed by atoms with Crippen molar-refractivity contribution in [3.8, 4) is 22.6 Å². The van der Waals surface area contributed by atoms with E-state index < -0.39 is 0 Å². The van der Waals surface area contributed by atoms with Crippen LogP contribution in [0.5, 0.6) is 11.5 Å². The van der Waals surface area contributed by atoms with Gasteiger partial charge in [-0.2, -0.15) is 0 Å². The first kappa shape index (κ1) is 24.0. The fourth-order valence-electron chi connectivity index (χ4n) is 4.74. The van der Waals surface area contributed by atoms with Gasteiger partial charge in [0.15, 0.2) is 5.75 Å². The van der Waals surface area contributed by atoms with E-state index in [1.807, 2.05) is 6.07 Å². The number of aryl methyl sites for hydroxylation is 3. The maximum absolute atomic E-state index is 14.0. The van der Waals surface area contributed by atoms with Gasteiger partial charge in [0.1, 0.15) is 17.1 Å². The van der Waals surface area contributed by atoms with Crippen LogP contribution in [0, 0.1) is 19.7 Å². The highest BCUT2D eigenvalue weighted by atomic mass is 19.1. The highest BCUT2D eigenvalue weighted by molar-refractivity contribution is 5.95. The first-order valence-electron chi connectivity index (χ1n) is 12.0. The molecule has 0 amide bonds. The molecule has 0 spiro atoms. The fourth-order valence-corrected chi connectivity index (χ4v) is 4.74. The lowest BCUT2D eigenvalue weighted by Gasteiger charge is -2.26. The Bertz CT molecular complexity index is 1520. The number of nitrogens with one attached hydrogen (secondary N) is 1. The van der Waals surface area contributed by atoms with Crippen molar-refractivity contribution < 1.29 is 13.9 Å². The summed E-state index contributed by atoms with van der Waals surface area (Å²) < 4.78 is 28.9. The summed E-state index contributed by atoms with van der Waals surface area (Å²) in [6, 6.07) is 6.21. The number of hydrogen-bond donors (Lipinski definition) is 1. The van der Waals surface area contributed by atoms with E-state index in [1.165, 1.54) is 16.7 Å². The van der Waals surface area contributed by atoms with Gasteiger partial charge in [0.25, 0.3) is 11.1 Å². The second-order valence-electron chi connectivity index (χ2n) is 9.23. The summed E-state index contributed by atoms with van der Waals surface area (Å²) in [5.41, 5.74) is 2.67. The molecule has 1 fully saturated rings. The molecule has 36 heavy (non-hydrogen) atoms. The Hall–Kier alpha value is -3.69. The van der Waals surface area contributed by atoms with Crippen LogP contribution in [0.1, 0.15) is 11.1 Å². The molecule has 1 N–H and O–H groups in total. The number of benzene rings is 1. The molecular weight excluding hydrogens is 463 g/mol. The van der Waals surface area contributed by atoms with Crippen LogP contribution in [0.25, 0.3) is 22.0 Å². The number of hydrogen-bond acceptors (Lipinski definition) is 5. The number of morpholine rings is 1. The monoisotopic (exact) mass is 492 g/mol. The van der Waals surface area contributed by atoms with Gasteiger partial charge >= 0.3 is 0 Å². The number of fused-ring (bicyclic) bond motifs is 1. The van der Waals surface area contributed by atoms with Crippen molar-refractivity contribution in [3.05, 3.63) is 80.5 Å². The Morgan fingerprint density at radius 3 is 2.47 bits per heavy atom. The van der Waals surface area contributed by atoms with E-state index in [2.05, 4.69) is 9.88 Å². The van der Waals surface area contributed by atoms with Gasteiger partial charge in [-0.15, -0.1) is 0 Å². The Labute approximate surface area is 207 Å². The third-order valence-corrected chi connectivity index (χ3v) is 6.67. The van der Waals surface area contributed by atoms with Crippen LogP contribution >= 0.6 is 0 Å². The zero-order valence-corrected chi connectivity index (χ0v) is 20.6. The van der Waals surface area contributed by atoms with E-state index in [0.29, 0.717) is 71.0 Å². The smallest absolute Gasteiger partial charge is 0.274 e. The molecule has 5 rings (SSSR count). The number of rotatable bonds is 6. The molecule has 0 saturated carbocycles. The maximum Gasteiger partial charge on any atom is 0.274 e. The van der Waals surface area contributed by atoms with Crippen LogP contribution in [0.3, 0.4) is 0 Å². The highest BCUT2D eigenvalue weighted by Crippen LogP contribution is 2.37. The van der Waals surface area contributed by atoms with Crippen molar-refractivity contribution >= 4 is 10.9 Å². The summed E-state index contributed by atoms with van der Waals surface area (Å²) in [5, 5.41) is 0.695. The third-order valence-electron chi connectivity index (χ3n) is 6.67. The Balaban J connectivity index is 1.63. The minimum atomic E-state index is -0.333. The van der Waals surface area contributed by atoms with Crippen molar-refractivity contribution in [2.45, 2.75) is 20.4 Å². The van der Waals surface area contributed by atoms with Crippen LogP contribution < -0.4 is 15.9 Å². The molecule has 0 bridgehead atoms. The molecule has 1 aromatic carbocycles. The number of nitrogens with zero attached hydrogens (tertiary/aromatic N) is 3. The number of aromatic nitrogens is 3. The SMILES string of the molecule is Cc1cc(F)cc(C)c1Oc1cn(CCN2CCOCC2)c(=O)cc1-c1cn(C)c(=O)c2[nH]ccc12. The van der Waals surface area contributed by atoms with E-state index in [0.717, 1.165) is 13.1 Å². The second kappa shape index (κ2) is 9.75. The molecule has 1 aliphatic heterocycles. The summed E-state index contributed by atoms with van der Waals surface area (Å²) in [7, 11) is 1.67. The van der Waals surface area contributed by atoms with Crippen molar-refractivity contribution in [2.24, 2.45) is 7.05 Å². The Morgan fingerprint density at radius 2 is 1.75 bits per heavy atom. The molecule has 0 unspecified atom stereocenters. The van der Waals surface area contributed by atoms with Crippen LogP contribution in [-0.4, -0.2) is 51.9 Å². The lowest BCUT2D eigenvalue weighted by Crippen LogP contribution is -2.39. The van der Waals surface area contributed by atoms with E-state index in [-0.39, 0.29) is 16.9 Å². The number of ether oxygens (including phenoxy) is 2. The van der Waals surface area contributed by atoms with Crippen molar-refractivity contribution in [1.82, 2.24) is 19.0 Å². The van der Waals surface area contributed by atoms with E-state index in [4.69, 9.17) is 9.47 Å². The van der Waals surface area contributed by atoms with Gasteiger partial charge in [-0.25, -0.2) is 4.39 Å². The van der Waals surface area contributed by atoms with E-state index in [1.54, 1.807) is 50.1 Å². The van der Waals surface area contributed by atoms with Gasteiger partial charge in [0.05, 0.1) is 19.4 Å². The molecule has 4 aromatic rings. The van der Waals surface area contributed by atoms with Crippen LogP contribution in [0.15, 0.2) is 52.4 Å². The molecule has 1 saturated heterocycles. The van der Waals surface area contributed by atoms with Crippen LogP contribution in [0.4, 0.5) is 4.39 Å². The van der Waals surface area contributed by atoms with Gasteiger partial charge in [-0.3, -0.25) is 14.5 Å². The lowest BCUT2D eigenvalue weighted by atomic mass is 10.0. The predicted molar refractivity (Wildman–Crippen MR) is 136 cm³/mol. The lowest BCUT2D eigenvalue weighted by molar-refractivity contribution is 0.0362. The van der Waals surface area contributed by atoms with Gasteiger partial charge in [0, 0.05) is 68.2 Å². The van der Waals surface area contributed by atoms with Gasteiger partial charge < -0.3 is 23.6 Å². The zero-order valence-electron chi connectivity index (χ0n) is 20.6. The highest BCUT2D eigenvalue weighted by Gasteiger charge is 2.19. The first-order valence-corrected chi connectivity index (χ1v) is 12.0. The largest absolute Gasteiger partial charge is 0.455 e. The van der Waals surface area contributed by atoms with Gasteiger partial charge in [0.2, 0.25) is 0 Å². The second-order valence-corrected chi connectivity index (χ2v) is 9.23. The quantitative estimate of drug-likeness (QED) is 0.445. The minimum absolute atomic E-state index is 0.162. The summed E-state index contributed by atoms with van der Waals surface area (Å²) in [6.45, 7) is 7.80. The van der Waals surface area contributed by atoms with Crippen molar-refractivity contribution in [2.75, 3.05) is 32.8 Å². The van der Waals surface area contributed by atoms with Crippen molar-refractivity contribution in [1.29, 1.82) is 0 Å². The minimum Gasteiger partial charge on any atom is -0.455 e. The number of aromatic amines is 1. The summed E-state index contributed by atoms with van der Waals surface area (Å²) in [6.07, 6.45) is 5.13. The first-order chi connectivity index (χ1) is 17.3. The summed E-state index contributed by atoms with van der Waals surface area (Å²) in [5.74, 6) is 0.654. The normalized spacial score (nSPS) is 14.4. The number of pyridine rings is 2. The average Bonchev–Trinajstić information content (AvgIpc) is 3.34. The predicted octanol–water partition coefficient (Wildman–Crippen LogP) is 3.58. The summed E-state index contributed by atoms with van der Waals surface area (Å²) in [4.78, 5) is 31.1. The van der Waals surface area contributed by atoms with Crippen molar-refractivity contribution in [3.63, 3.8) is 0 Å². The average molecular weight is 493 g/mol. The molecule has 0 radical (unpaired) electrons. The van der Waals surface area contributed by atoms with Crippen LogP contribution in [-0.2, 0) is 18.3 Å². The Morgan fingerprint density at radius 1 is 1.03 bits per heavy atom. The number of halogens is 1. The van der Waals surface area contributed by atoms with Crippen LogP contribution in [0.2, 0.25) is 0 Å². The number of H-pyrrole nitrogens is 1. The molecule has 8 nitrogen and oxygen atoms in total. The zero-order chi connectivity index (χ0) is 25.4.